The molecule has 0 unspecified atom stereocenters. The van der Waals surface area contributed by atoms with Gasteiger partial charge in [-0.25, -0.2) is 12.8 Å². The highest BCUT2D eigenvalue weighted by Gasteiger charge is 2.21. The van der Waals surface area contributed by atoms with Gasteiger partial charge in [-0.2, -0.15) is 4.72 Å². The van der Waals surface area contributed by atoms with Crippen LogP contribution in [0.3, 0.4) is 0 Å². The van der Waals surface area contributed by atoms with Crippen molar-refractivity contribution in [2.75, 3.05) is 6.54 Å². The van der Waals surface area contributed by atoms with Gasteiger partial charge in [0.1, 0.15) is 5.82 Å². The second-order valence-corrected chi connectivity index (χ2v) is 8.13. The molecule has 0 aliphatic rings. The van der Waals surface area contributed by atoms with E-state index in [1.165, 1.54) is 6.92 Å². The Morgan fingerprint density at radius 1 is 1.15 bits per heavy atom. The summed E-state index contributed by atoms with van der Waals surface area (Å²) in [6.45, 7) is 1.70. The average molecular weight is 419 g/mol. The number of halogens is 3. The van der Waals surface area contributed by atoms with Gasteiger partial charge >= 0.3 is 0 Å². The van der Waals surface area contributed by atoms with Crippen LogP contribution in [0, 0.1) is 5.82 Å². The van der Waals surface area contributed by atoms with Crippen LogP contribution in [-0.2, 0) is 21.2 Å². The van der Waals surface area contributed by atoms with Crippen LogP contribution in [0.25, 0.3) is 0 Å². The Labute approximate surface area is 161 Å². The van der Waals surface area contributed by atoms with Crippen molar-refractivity contribution in [3.63, 3.8) is 0 Å². The molecule has 26 heavy (non-hydrogen) atoms. The van der Waals surface area contributed by atoms with Crippen LogP contribution in [0.1, 0.15) is 12.5 Å². The Bertz CT molecular complexity index is 889. The minimum absolute atomic E-state index is 0.119. The number of carbonyl (C=O) groups is 1. The molecule has 0 heterocycles. The van der Waals surface area contributed by atoms with Gasteiger partial charge in [0.2, 0.25) is 15.9 Å². The zero-order valence-electron chi connectivity index (χ0n) is 13.8. The lowest BCUT2D eigenvalue weighted by atomic mass is 10.1. The largest absolute Gasteiger partial charge is 0.354 e. The van der Waals surface area contributed by atoms with E-state index in [9.17, 15) is 17.6 Å². The number of nitrogens with one attached hydrogen (secondary N) is 2. The van der Waals surface area contributed by atoms with Gasteiger partial charge in [-0.05, 0) is 55.3 Å². The molecule has 2 aromatic rings. The molecule has 5 nitrogen and oxygen atoms in total. The van der Waals surface area contributed by atoms with E-state index in [1.807, 2.05) is 0 Å². The van der Waals surface area contributed by atoms with Crippen molar-refractivity contribution < 1.29 is 17.6 Å². The first kappa shape index (κ1) is 20.6. The van der Waals surface area contributed by atoms with Crippen molar-refractivity contribution in [3.8, 4) is 0 Å². The highest BCUT2D eigenvalue weighted by molar-refractivity contribution is 7.89. The molecule has 2 N–H and O–H groups in total. The van der Waals surface area contributed by atoms with Crippen LogP contribution in [0.5, 0.6) is 0 Å². The topological polar surface area (TPSA) is 75.3 Å². The first-order valence-corrected chi connectivity index (χ1v) is 9.92. The van der Waals surface area contributed by atoms with Crippen LogP contribution in [0.4, 0.5) is 4.39 Å². The number of hydrogen-bond donors (Lipinski definition) is 2. The van der Waals surface area contributed by atoms with Gasteiger partial charge in [-0.1, -0.05) is 29.3 Å². The van der Waals surface area contributed by atoms with Gasteiger partial charge in [-0.3, -0.25) is 4.79 Å². The van der Waals surface area contributed by atoms with E-state index in [2.05, 4.69) is 10.0 Å². The van der Waals surface area contributed by atoms with Crippen molar-refractivity contribution in [3.05, 3.63) is 63.9 Å². The third-order valence-corrected chi connectivity index (χ3v) is 5.70. The predicted octanol–water partition coefficient (Wildman–Crippen LogP) is 3.16. The summed E-state index contributed by atoms with van der Waals surface area (Å²) in [6.07, 6.45) is 0.471. The van der Waals surface area contributed by atoms with Crippen molar-refractivity contribution in [1.82, 2.24) is 10.0 Å². The molecular weight excluding hydrogens is 402 g/mol. The smallest absolute Gasteiger partial charge is 0.241 e. The van der Waals surface area contributed by atoms with E-state index in [-0.39, 0.29) is 11.4 Å². The number of rotatable bonds is 7. The van der Waals surface area contributed by atoms with Crippen LogP contribution < -0.4 is 10.0 Å². The van der Waals surface area contributed by atoms with Crippen LogP contribution in [-0.4, -0.2) is 26.9 Å². The molecule has 0 saturated carbocycles. The molecule has 1 amide bonds. The molecule has 0 radical (unpaired) electrons. The van der Waals surface area contributed by atoms with Gasteiger partial charge in [0.05, 0.1) is 10.9 Å². The molecule has 0 aromatic heterocycles. The first-order valence-electron chi connectivity index (χ1n) is 7.68. The molecule has 0 aliphatic carbocycles. The minimum atomic E-state index is -3.92. The highest BCUT2D eigenvalue weighted by Crippen LogP contribution is 2.21. The molecule has 0 saturated heterocycles. The van der Waals surface area contributed by atoms with E-state index in [0.29, 0.717) is 16.5 Å². The molecule has 0 fully saturated rings. The lowest BCUT2D eigenvalue weighted by molar-refractivity contribution is -0.122. The van der Waals surface area contributed by atoms with Crippen molar-refractivity contribution in [2.24, 2.45) is 0 Å². The lowest BCUT2D eigenvalue weighted by Gasteiger charge is -2.15. The third-order valence-electron chi connectivity index (χ3n) is 3.56. The zero-order chi connectivity index (χ0) is 19.3. The third kappa shape index (κ3) is 5.67. The van der Waals surface area contributed by atoms with Crippen LogP contribution >= 0.6 is 23.2 Å². The fourth-order valence-corrected chi connectivity index (χ4v) is 3.87. The molecule has 0 aliphatic heterocycles. The molecule has 9 heteroatoms. The molecule has 2 rings (SSSR count). The van der Waals surface area contributed by atoms with Gasteiger partial charge in [0.15, 0.2) is 0 Å². The Morgan fingerprint density at radius 2 is 1.81 bits per heavy atom. The van der Waals surface area contributed by atoms with E-state index in [0.717, 1.165) is 29.8 Å². The molecular formula is C17H17Cl2FN2O3S. The second-order valence-electron chi connectivity index (χ2n) is 5.57. The zero-order valence-corrected chi connectivity index (χ0v) is 16.1. The number of sulfonamides is 1. The minimum Gasteiger partial charge on any atom is -0.354 e. The standard InChI is InChI=1S/C17H17Cl2FN2O3S/c1-11(22-26(24,25)15-6-4-14(20)5-7-15)17(23)21-9-8-12-2-3-13(18)10-16(12)19/h2-7,10-11,22H,8-9H2,1H3,(H,21,23)/t11-/m1/s1. The van der Waals surface area contributed by atoms with Gasteiger partial charge < -0.3 is 5.32 Å². The summed E-state index contributed by atoms with van der Waals surface area (Å²) in [5, 5.41) is 3.66. The quantitative estimate of drug-likeness (QED) is 0.724. The van der Waals surface area contributed by atoms with Gasteiger partial charge in [-0.15, -0.1) is 0 Å². The SMILES string of the molecule is C[C@@H](NS(=O)(=O)c1ccc(F)cc1)C(=O)NCCc1ccc(Cl)cc1Cl. The molecule has 0 bridgehead atoms. The Hall–Kier alpha value is -1.67. The second kappa shape index (κ2) is 8.81. The van der Waals surface area contributed by atoms with E-state index < -0.39 is 27.8 Å². The highest BCUT2D eigenvalue weighted by atomic mass is 35.5. The molecule has 140 valence electrons. The lowest BCUT2D eigenvalue weighted by Crippen LogP contribution is -2.45. The number of benzene rings is 2. The normalized spacial score (nSPS) is 12.6. The summed E-state index contributed by atoms with van der Waals surface area (Å²) >= 11 is 11.9. The Kier molecular flexibility index (Phi) is 7.00. The van der Waals surface area contributed by atoms with Gasteiger partial charge in [0, 0.05) is 16.6 Å². The summed E-state index contributed by atoms with van der Waals surface area (Å²) in [5.41, 5.74) is 0.816. The van der Waals surface area contributed by atoms with E-state index in [4.69, 9.17) is 23.2 Å². The predicted molar refractivity (Wildman–Crippen MR) is 99.4 cm³/mol. The molecule has 0 spiro atoms. The summed E-state index contributed by atoms with van der Waals surface area (Å²) in [7, 11) is -3.92. The van der Waals surface area contributed by atoms with Crippen LogP contribution in [0.2, 0.25) is 10.0 Å². The van der Waals surface area contributed by atoms with Crippen molar-refractivity contribution >= 4 is 39.1 Å². The number of hydrogen-bond acceptors (Lipinski definition) is 3. The summed E-state index contributed by atoms with van der Waals surface area (Å²) in [4.78, 5) is 12.0. The number of amides is 1. The maximum atomic E-state index is 12.9. The first-order chi connectivity index (χ1) is 12.2. The summed E-state index contributed by atoms with van der Waals surface area (Å²) < 4.78 is 39.5. The molecule has 1 atom stereocenters. The monoisotopic (exact) mass is 418 g/mol. The van der Waals surface area contributed by atoms with Crippen molar-refractivity contribution in [2.45, 2.75) is 24.3 Å². The average Bonchev–Trinajstić information content (AvgIpc) is 2.56. The Balaban J connectivity index is 1.89. The maximum Gasteiger partial charge on any atom is 0.241 e. The fraction of sp³-hybridized carbons (Fsp3) is 0.235. The summed E-state index contributed by atoms with van der Waals surface area (Å²) in [5.74, 6) is -1.03. The fourth-order valence-electron chi connectivity index (χ4n) is 2.17. The maximum absolute atomic E-state index is 12.9. The number of carbonyl (C=O) groups excluding carboxylic acids is 1. The van der Waals surface area contributed by atoms with Gasteiger partial charge in [0.25, 0.3) is 0 Å². The summed E-state index contributed by atoms with van der Waals surface area (Å²) in [6, 6.07) is 8.41. The van der Waals surface area contributed by atoms with E-state index in [1.54, 1.807) is 18.2 Å². The molecule has 2 aromatic carbocycles. The van der Waals surface area contributed by atoms with E-state index >= 15 is 0 Å². The van der Waals surface area contributed by atoms with Crippen LogP contribution in [0.15, 0.2) is 47.4 Å². The van der Waals surface area contributed by atoms with Crippen molar-refractivity contribution in [1.29, 1.82) is 0 Å². The Morgan fingerprint density at radius 3 is 2.42 bits per heavy atom.